The molecule has 3 atom stereocenters. The lowest BCUT2D eigenvalue weighted by Crippen LogP contribution is -2.00. The van der Waals surface area contributed by atoms with Crippen LogP contribution in [0.3, 0.4) is 0 Å². The van der Waals surface area contributed by atoms with Gasteiger partial charge in [0.15, 0.2) is 0 Å². The molecule has 58 valence electrons. The van der Waals surface area contributed by atoms with Crippen molar-refractivity contribution in [3.63, 3.8) is 0 Å². The number of rotatable bonds is 2. The smallest absolute Gasteiger partial charge is 0.0496 e. The Morgan fingerprint density at radius 1 is 1.70 bits per heavy atom. The van der Waals surface area contributed by atoms with Gasteiger partial charge in [0.25, 0.3) is 0 Å². The quantitative estimate of drug-likeness (QED) is 0.562. The Morgan fingerprint density at radius 2 is 2.30 bits per heavy atom. The summed E-state index contributed by atoms with van der Waals surface area (Å²) in [5, 5.41) is 0. The lowest BCUT2D eigenvalue weighted by molar-refractivity contribution is 0.179. The average molecular weight is 161 g/mol. The molecule has 2 rings (SSSR count). The van der Waals surface area contributed by atoms with E-state index in [9.17, 15) is 0 Å². The van der Waals surface area contributed by atoms with E-state index in [1.165, 1.54) is 12.8 Å². The van der Waals surface area contributed by atoms with Crippen molar-refractivity contribution in [2.24, 2.45) is 11.3 Å². The molecule has 0 heterocycles. The van der Waals surface area contributed by atoms with Crippen molar-refractivity contribution >= 4 is 11.6 Å². The van der Waals surface area contributed by atoms with Crippen molar-refractivity contribution in [1.29, 1.82) is 0 Å². The SMILES string of the molecule is COCC1CC12CC2(C)Cl. The van der Waals surface area contributed by atoms with E-state index in [-0.39, 0.29) is 4.87 Å². The van der Waals surface area contributed by atoms with Gasteiger partial charge in [-0.05, 0) is 31.1 Å². The van der Waals surface area contributed by atoms with Crippen LogP contribution in [0.15, 0.2) is 0 Å². The third kappa shape index (κ3) is 0.680. The number of ether oxygens (including phenoxy) is 1. The van der Waals surface area contributed by atoms with Gasteiger partial charge in [-0.15, -0.1) is 11.6 Å². The van der Waals surface area contributed by atoms with Crippen molar-refractivity contribution in [3.8, 4) is 0 Å². The summed E-state index contributed by atoms with van der Waals surface area (Å²) in [6.45, 7) is 3.05. The van der Waals surface area contributed by atoms with Crippen molar-refractivity contribution in [2.45, 2.75) is 24.6 Å². The van der Waals surface area contributed by atoms with E-state index in [1.807, 2.05) is 0 Å². The Hall–Kier alpha value is 0.250. The number of hydrogen-bond donors (Lipinski definition) is 0. The summed E-state index contributed by atoms with van der Waals surface area (Å²) in [6, 6.07) is 0. The molecule has 0 N–H and O–H groups in total. The summed E-state index contributed by atoms with van der Waals surface area (Å²) in [4.78, 5) is 0.121. The predicted octanol–water partition coefficient (Wildman–Crippen LogP) is 2.04. The van der Waals surface area contributed by atoms with Gasteiger partial charge in [0.2, 0.25) is 0 Å². The van der Waals surface area contributed by atoms with Gasteiger partial charge < -0.3 is 4.74 Å². The molecular formula is C8H13ClO. The second-order valence-electron chi connectivity index (χ2n) is 3.89. The molecule has 0 aliphatic heterocycles. The first kappa shape index (κ1) is 6.93. The fraction of sp³-hybridized carbons (Fsp3) is 1.00. The molecule has 1 nitrogen and oxygen atoms in total. The predicted molar refractivity (Wildman–Crippen MR) is 41.3 cm³/mol. The highest BCUT2D eigenvalue weighted by molar-refractivity contribution is 6.27. The summed E-state index contributed by atoms with van der Waals surface area (Å²) >= 11 is 6.17. The summed E-state index contributed by atoms with van der Waals surface area (Å²) in [5.74, 6) is 0.764. The minimum absolute atomic E-state index is 0.121. The Labute approximate surface area is 66.7 Å². The zero-order chi connectivity index (χ0) is 7.41. The first-order valence-corrected chi connectivity index (χ1v) is 4.18. The maximum absolute atomic E-state index is 6.17. The van der Waals surface area contributed by atoms with Crippen LogP contribution in [0.25, 0.3) is 0 Å². The largest absolute Gasteiger partial charge is 0.384 e. The molecule has 0 saturated heterocycles. The van der Waals surface area contributed by atoms with Crippen LogP contribution in [0.5, 0.6) is 0 Å². The topological polar surface area (TPSA) is 9.23 Å². The highest BCUT2D eigenvalue weighted by Gasteiger charge is 2.76. The molecule has 2 fully saturated rings. The summed E-state index contributed by atoms with van der Waals surface area (Å²) in [5.41, 5.74) is 0.505. The maximum atomic E-state index is 6.17. The van der Waals surface area contributed by atoms with Crippen molar-refractivity contribution < 1.29 is 4.74 Å². The van der Waals surface area contributed by atoms with E-state index in [2.05, 4.69) is 6.92 Å². The number of alkyl halides is 1. The lowest BCUT2D eigenvalue weighted by Gasteiger charge is -1.98. The van der Waals surface area contributed by atoms with Crippen LogP contribution < -0.4 is 0 Å². The van der Waals surface area contributed by atoms with Gasteiger partial charge in [0.05, 0.1) is 0 Å². The second-order valence-corrected chi connectivity index (χ2v) is 4.72. The zero-order valence-corrected chi connectivity index (χ0v) is 7.24. The highest BCUT2D eigenvalue weighted by Crippen LogP contribution is 2.79. The summed E-state index contributed by atoms with van der Waals surface area (Å²) < 4.78 is 5.08. The maximum Gasteiger partial charge on any atom is 0.0496 e. The fourth-order valence-corrected chi connectivity index (χ4v) is 2.67. The second kappa shape index (κ2) is 1.70. The monoisotopic (exact) mass is 160 g/mol. The van der Waals surface area contributed by atoms with Crippen LogP contribution in [0.2, 0.25) is 0 Å². The molecule has 2 saturated carbocycles. The molecule has 3 unspecified atom stereocenters. The molecule has 0 aromatic rings. The number of methoxy groups -OCH3 is 1. The number of hydrogen-bond acceptors (Lipinski definition) is 1. The van der Waals surface area contributed by atoms with E-state index >= 15 is 0 Å². The van der Waals surface area contributed by atoms with E-state index in [4.69, 9.17) is 16.3 Å². The van der Waals surface area contributed by atoms with Gasteiger partial charge in [0, 0.05) is 18.6 Å². The van der Waals surface area contributed by atoms with E-state index < -0.39 is 0 Å². The summed E-state index contributed by atoms with van der Waals surface area (Å²) in [6.07, 6.45) is 2.50. The van der Waals surface area contributed by atoms with Crippen molar-refractivity contribution in [1.82, 2.24) is 0 Å². The molecule has 0 aromatic heterocycles. The van der Waals surface area contributed by atoms with Gasteiger partial charge in [0.1, 0.15) is 0 Å². The van der Waals surface area contributed by atoms with Gasteiger partial charge in [-0.1, -0.05) is 0 Å². The Morgan fingerprint density at radius 3 is 2.60 bits per heavy atom. The van der Waals surface area contributed by atoms with Crippen molar-refractivity contribution in [2.75, 3.05) is 13.7 Å². The molecule has 2 aliphatic rings. The van der Waals surface area contributed by atoms with Crippen LogP contribution in [0.1, 0.15) is 19.8 Å². The molecule has 10 heavy (non-hydrogen) atoms. The van der Waals surface area contributed by atoms with Gasteiger partial charge in [-0.25, -0.2) is 0 Å². The molecule has 0 amide bonds. The Bertz CT molecular complexity index is 167. The lowest BCUT2D eigenvalue weighted by atomic mass is 10.2. The first-order valence-electron chi connectivity index (χ1n) is 3.80. The standard InChI is InChI=1S/C8H13ClO/c1-7(9)5-8(7)3-6(8)4-10-2/h6H,3-5H2,1-2H3. The molecule has 0 aromatic carbocycles. The first-order chi connectivity index (χ1) is 4.62. The molecule has 0 radical (unpaired) electrons. The molecule has 0 bridgehead atoms. The van der Waals surface area contributed by atoms with Gasteiger partial charge >= 0.3 is 0 Å². The van der Waals surface area contributed by atoms with E-state index in [0.29, 0.717) is 5.41 Å². The van der Waals surface area contributed by atoms with Crippen LogP contribution in [0.4, 0.5) is 0 Å². The normalized spacial score (nSPS) is 57.3. The Kier molecular flexibility index (Phi) is 1.18. The van der Waals surface area contributed by atoms with E-state index in [1.54, 1.807) is 7.11 Å². The zero-order valence-electron chi connectivity index (χ0n) is 6.48. The van der Waals surface area contributed by atoms with Crippen LogP contribution in [0, 0.1) is 11.3 Å². The fourth-order valence-electron chi connectivity index (χ4n) is 2.20. The minimum atomic E-state index is 0.121. The summed E-state index contributed by atoms with van der Waals surface area (Å²) in [7, 11) is 1.76. The molecule has 2 heteroatoms. The highest BCUT2D eigenvalue weighted by atomic mass is 35.5. The van der Waals surface area contributed by atoms with Crippen LogP contribution in [-0.4, -0.2) is 18.6 Å². The minimum Gasteiger partial charge on any atom is -0.384 e. The molecule has 2 aliphatic carbocycles. The van der Waals surface area contributed by atoms with Gasteiger partial charge in [-0.3, -0.25) is 0 Å². The molecular weight excluding hydrogens is 148 g/mol. The van der Waals surface area contributed by atoms with Crippen LogP contribution in [-0.2, 0) is 4.74 Å². The Balaban J connectivity index is 1.91. The van der Waals surface area contributed by atoms with E-state index in [0.717, 1.165) is 12.5 Å². The van der Waals surface area contributed by atoms with Crippen molar-refractivity contribution in [3.05, 3.63) is 0 Å². The third-order valence-corrected chi connectivity index (χ3v) is 3.67. The van der Waals surface area contributed by atoms with Crippen LogP contribution >= 0.6 is 11.6 Å². The number of halogens is 1. The third-order valence-electron chi connectivity index (χ3n) is 3.16. The average Bonchev–Trinajstić information content (AvgIpc) is 2.55. The van der Waals surface area contributed by atoms with Gasteiger partial charge in [-0.2, -0.15) is 0 Å². The molecule has 1 spiro atoms.